The van der Waals surface area contributed by atoms with Crippen molar-refractivity contribution >= 4 is 63.9 Å². The lowest BCUT2D eigenvalue weighted by Crippen LogP contribution is -2.53. The fourth-order valence-electron chi connectivity index (χ4n) is 10.9. The smallest absolute Gasteiger partial charge is 0.343 e. The maximum absolute atomic E-state index is 15.3. The summed E-state index contributed by atoms with van der Waals surface area (Å²) >= 11 is 0. The van der Waals surface area contributed by atoms with Crippen LogP contribution in [-0.2, 0) is 74.9 Å². The number of hydrogen-bond acceptors (Lipinski definition) is 14. The predicted octanol–water partition coefficient (Wildman–Crippen LogP) is 2.37. The Balaban J connectivity index is 0.783. The number of fused-ring (bicyclic) bond motifs is 5. The number of halogens is 1. The SMILES string of the molecule is CC[C@@]1(O)C(=O)OCc2c1cc1n(c2=O)Cc2c-1nc1cc(F)c(OC)cc1c2CN1CCC([N+](C)(C)Cc2ccc(NC(=O)C(C)NC(=O)CCC(=O)N(CCN3C(=O)C=CC3=O)CCN3C(=O)C=CC3=O)cc2)CC1. The number of cyclic esters (lactones) is 1. The largest absolute Gasteiger partial charge is 0.494 e. The van der Waals surface area contributed by atoms with Gasteiger partial charge < -0.3 is 39.2 Å². The topological polar surface area (TPSA) is 247 Å². The zero-order valence-electron chi connectivity index (χ0n) is 43.6. The Morgan fingerprint density at radius 2 is 1.53 bits per heavy atom. The Labute approximate surface area is 442 Å². The molecule has 21 nitrogen and oxygen atoms in total. The summed E-state index contributed by atoms with van der Waals surface area (Å²) in [6, 6.07) is 11.5. The summed E-state index contributed by atoms with van der Waals surface area (Å²) in [5, 5.41) is 17.6. The first-order chi connectivity index (χ1) is 36.7. The molecule has 77 heavy (non-hydrogen) atoms. The van der Waals surface area contributed by atoms with Gasteiger partial charge in [-0.1, -0.05) is 19.1 Å². The van der Waals surface area contributed by atoms with Gasteiger partial charge in [0.2, 0.25) is 17.7 Å². The van der Waals surface area contributed by atoms with Crippen LogP contribution in [0.1, 0.15) is 73.8 Å². The van der Waals surface area contributed by atoms with Crippen LogP contribution in [-0.4, -0.2) is 159 Å². The van der Waals surface area contributed by atoms with Crippen molar-refractivity contribution in [3.8, 4) is 17.1 Å². The van der Waals surface area contributed by atoms with Crippen LogP contribution in [0.25, 0.3) is 22.3 Å². The van der Waals surface area contributed by atoms with Crippen LogP contribution in [0.5, 0.6) is 5.75 Å². The molecule has 0 bridgehead atoms. The third-order valence-electron chi connectivity index (χ3n) is 15.5. The number of methoxy groups -OCH3 is 1. The molecule has 9 rings (SSSR count). The van der Waals surface area contributed by atoms with E-state index < -0.39 is 64.8 Å². The number of likely N-dealkylation sites (tertiary alicyclic amines) is 1. The van der Waals surface area contributed by atoms with Crippen LogP contribution >= 0.6 is 0 Å². The summed E-state index contributed by atoms with van der Waals surface area (Å²) < 4.78 is 28.2. The van der Waals surface area contributed by atoms with Gasteiger partial charge in [0.1, 0.15) is 19.2 Å². The molecule has 0 spiro atoms. The summed E-state index contributed by atoms with van der Waals surface area (Å²) in [4.78, 5) is 125. The number of piperidine rings is 1. The third-order valence-corrected chi connectivity index (χ3v) is 15.5. The van der Waals surface area contributed by atoms with Gasteiger partial charge in [-0.15, -0.1) is 0 Å². The number of amides is 7. The van der Waals surface area contributed by atoms with Crippen LogP contribution in [0, 0.1) is 5.82 Å². The van der Waals surface area contributed by atoms with Crippen molar-refractivity contribution in [2.24, 2.45) is 0 Å². The summed E-state index contributed by atoms with van der Waals surface area (Å²) in [5.74, 6) is -5.01. The zero-order chi connectivity index (χ0) is 55.1. The number of anilines is 1. The highest BCUT2D eigenvalue weighted by atomic mass is 19.1. The number of esters is 1. The van der Waals surface area contributed by atoms with E-state index in [-0.39, 0.29) is 81.0 Å². The number of imide groups is 2. The molecule has 5 aliphatic rings. The molecule has 1 fully saturated rings. The number of ether oxygens (including phenoxy) is 2. The van der Waals surface area contributed by atoms with Crippen LogP contribution in [0.4, 0.5) is 10.1 Å². The molecule has 3 N–H and O–H groups in total. The van der Waals surface area contributed by atoms with E-state index in [1.807, 2.05) is 12.1 Å². The lowest BCUT2D eigenvalue weighted by atomic mass is 9.86. The van der Waals surface area contributed by atoms with E-state index in [4.69, 9.17) is 14.5 Å². The lowest BCUT2D eigenvalue weighted by molar-refractivity contribution is -0.929. The highest BCUT2D eigenvalue weighted by Gasteiger charge is 2.46. The summed E-state index contributed by atoms with van der Waals surface area (Å²) in [7, 11) is 5.79. The molecule has 2 aromatic heterocycles. The molecule has 7 amide bonds. The van der Waals surface area contributed by atoms with Crippen molar-refractivity contribution in [2.75, 3.05) is 65.8 Å². The van der Waals surface area contributed by atoms with Crippen molar-refractivity contribution in [1.29, 1.82) is 0 Å². The highest BCUT2D eigenvalue weighted by Crippen LogP contribution is 2.42. The van der Waals surface area contributed by atoms with E-state index in [0.717, 1.165) is 76.7 Å². The molecular weight excluding hydrogens is 998 g/mol. The molecule has 404 valence electrons. The number of rotatable bonds is 19. The second-order valence-corrected chi connectivity index (χ2v) is 20.6. The number of pyridine rings is 2. The van der Waals surface area contributed by atoms with Gasteiger partial charge in [-0.2, -0.15) is 0 Å². The summed E-state index contributed by atoms with van der Waals surface area (Å²) in [5.41, 5.74) is 2.64. The number of hydrogen-bond donors (Lipinski definition) is 3. The minimum Gasteiger partial charge on any atom is -0.494 e. The molecule has 2 aromatic carbocycles. The maximum atomic E-state index is 15.3. The second kappa shape index (κ2) is 21.6. The number of aromatic nitrogens is 2. The Morgan fingerprint density at radius 1 is 0.909 bits per heavy atom. The summed E-state index contributed by atoms with van der Waals surface area (Å²) in [6.07, 6.45) is 5.67. The molecule has 1 saturated heterocycles. The van der Waals surface area contributed by atoms with Crippen molar-refractivity contribution in [3.05, 3.63) is 111 Å². The van der Waals surface area contributed by atoms with E-state index in [9.17, 15) is 48.3 Å². The minimum atomic E-state index is -1.99. The molecule has 0 aliphatic carbocycles. The van der Waals surface area contributed by atoms with Gasteiger partial charge in [-0.05, 0) is 43.2 Å². The van der Waals surface area contributed by atoms with Crippen molar-refractivity contribution in [1.82, 2.24) is 34.5 Å². The number of benzene rings is 2. The van der Waals surface area contributed by atoms with Crippen molar-refractivity contribution < 1.29 is 61.8 Å². The average molecular weight is 1060 g/mol. The number of nitrogens with zero attached hydrogens (tertiary/aromatic N) is 7. The Morgan fingerprint density at radius 3 is 2.13 bits per heavy atom. The van der Waals surface area contributed by atoms with Gasteiger partial charge in [-0.3, -0.25) is 53.1 Å². The van der Waals surface area contributed by atoms with E-state index in [1.54, 1.807) is 35.8 Å². The number of carbonyl (C=O) groups excluding carboxylic acids is 8. The standard InChI is InChI=1S/C55H60FN9O12/c1-6-55(75)40-26-43-51-38(29-64(43)53(73)39(40)31-77-54(55)74)37(36-25-44(76-5)41(56)27-42(36)59-51)28-60-19-17-35(18-20-60)65(3,4)30-33-7-9-34(10-8-33)58-52(72)32(2)57-45(66)11-12-46(67)61(21-23-62-47(68)13-14-48(62)69)22-24-63-49(70)15-16-50(63)71/h7-10,13-16,25-27,32,35,75H,6,11-12,17-24,28-31H2,1-5H3,(H-,57,58,66,72)/p+1/t32?,55-/m0/s1. The molecule has 2 atom stereocenters. The molecule has 5 aliphatic heterocycles. The fourth-order valence-corrected chi connectivity index (χ4v) is 10.9. The lowest BCUT2D eigenvalue weighted by Gasteiger charge is -2.43. The van der Waals surface area contributed by atoms with Gasteiger partial charge in [0, 0.05) is 130 Å². The van der Waals surface area contributed by atoms with E-state index in [1.165, 1.54) is 25.0 Å². The van der Waals surface area contributed by atoms with Gasteiger partial charge in [-0.25, -0.2) is 14.2 Å². The quantitative estimate of drug-likeness (QED) is 0.0611. The number of nitrogens with one attached hydrogen (secondary N) is 2. The first kappa shape index (κ1) is 53.9. The van der Waals surface area contributed by atoms with Crippen LogP contribution in [0.15, 0.2) is 71.6 Å². The highest BCUT2D eigenvalue weighted by molar-refractivity contribution is 6.13. The average Bonchev–Trinajstić information content (AvgIpc) is 4.28. The monoisotopic (exact) mass is 1060 g/mol. The molecule has 22 heteroatoms. The fraction of sp³-hybridized carbons (Fsp3) is 0.418. The Hall–Kier alpha value is -7.95. The van der Waals surface area contributed by atoms with Crippen LogP contribution in [0.3, 0.4) is 0 Å². The molecule has 0 radical (unpaired) electrons. The number of quaternary nitrogens is 1. The van der Waals surface area contributed by atoms with Crippen LogP contribution < -0.4 is 20.9 Å². The summed E-state index contributed by atoms with van der Waals surface area (Å²) in [6.45, 7) is 5.39. The maximum Gasteiger partial charge on any atom is 0.343 e. The van der Waals surface area contributed by atoms with Gasteiger partial charge in [0.05, 0.1) is 56.3 Å². The third kappa shape index (κ3) is 10.8. The minimum absolute atomic E-state index is 0.00580. The van der Waals surface area contributed by atoms with Crippen molar-refractivity contribution in [3.63, 3.8) is 0 Å². The van der Waals surface area contributed by atoms with E-state index >= 15 is 4.39 Å². The predicted molar refractivity (Wildman–Crippen MR) is 275 cm³/mol. The molecule has 4 aromatic rings. The normalized spacial score (nSPS) is 18.7. The zero-order valence-corrected chi connectivity index (χ0v) is 43.6. The Kier molecular flexibility index (Phi) is 15.1. The van der Waals surface area contributed by atoms with Gasteiger partial charge >= 0.3 is 5.97 Å². The second-order valence-electron chi connectivity index (χ2n) is 20.6. The Bertz CT molecular complexity index is 3170. The number of carbonyl (C=O) groups is 8. The van der Waals surface area contributed by atoms with Crippen LogP contribution in [0.2, 0.25) is 0 Å². The van der Waals surface area contributed by atoms with Gasteiger partial charge in [0.25, 0.3) is 29.2 Å². The molecule has 1 unspecified atom stereocenters. The molecular formula is C55H61FN9O12+. The molecule has 0 saturated carbocycles. The van der Waals surface area contributed by atoms with Crippen molar-refractivity contribution in [2.45, 2.75) is 89.9 Å². The van der Waals surface area contributed by atoms with Gasteiger partial charge in [0.15, 0.2) is 17.2 Å². The first-order valence-corrected chi connectivity index (χ1v) is 25.6. The van der Waals surface area contributed by atoms with E-state index in [0.29, 0.717) is 51.6 Å². The molecule has 7 heterocycles. The van der Waals surface area contributed by atoms with E-state index in [2.05, 4.69) is 29.6 Å². The number of aliphatic hydroxyl groups is 1. The first-order valence-electron chi connectivity index (χ1n) is 25.6.